The van der Waals surface area contributed by atoms with Crippen molar-refractivity contribution >= 4 is 17.4 Å². The van der Waals surface area contributed by atoms with E-state index in [9.17, 15) is 9.18 Å². The van der Waals surface area contributed by atoms with Crippen LogP contribution in [0, 0.1) is 12.7 Å². The lowest BCUT2D eigenvalue weighted by Crippen LogP contribution is -2.13. The van der Waals surface area contributed by atoms with Gasteiger partial charge in [0.1, 0.15) is 5.82 Å². The Morgan fingerprint density at radius 1 is 1.25 bits per heavy atom. The normalized spacial score (nSPS) is 12.2. The van der Waals surface area contributed by atoms with Crippen LogP contribution in [-0.4, -0.2) is 5.78 Å². The van der Waals surface area contributed by atoms with Crippen LogP contribution in [0.4, 0.5) is 4.39 Å². The molecule has 2 aromatic carbocycles. The molecule has 0 heterocycles. The zero-order valence-electron chi connectivity index (χ0n) is 11.5. The SMILES string of the molecule is CCC(C(=O)c1cc(C)c(F)cc1Cl)c1ccccc1. The molecule has 0 fully saturated rings. The largest absolute Gasteiger partial charge is 0.293 e. The first-order valence-electron chi connectivity index (χ1n) is 6.59. The number of hydrogen-bond acceptors (Lipinski definition) is 1. The molecule has 1 nitrogen and oxygen atoms in total. The predicted octanol–water partition coefficient (Wildman–Crippen LogP) is 5.16. The number of benzene rings is 2. The van der Waals surface area contributed by atoms with Crippen LogP contribution in [0.15, 0.2) is 42.5 Å². The smallest absolute Gasteiger partial charge is 0.171 e. The van der Waals surface area contributed by atoms with E-state index in [4.69, 9.17) is 11.6 Å². The maximum Gasteiger partial charge on any atom is 0.171 e. The van der Waals surface area contributed by atoms with E-state index in [1.165, 1.54) is 12.1 Å². The summed E-state index contributed by atoms with van der Waals surface area (Å²) >= 11 is 6.02. The van der Waals surface area contributed by atoms with E-state index in [0.717, 1.165) is 5.56 Å². The number of carbonyl (C=O) groups is 1. The number of rotatable bonds is 4. The topological polar surface area (TPSA) is 17.1 Å². The van der Waals surface area contributed by atoms with Gasteiger partial charge in [-0.2, -0.15) is 0 Å². The van der Waals surface area contributed by atoms with Gasteiger partial charge >= 0.3 is 0 Å². The third kappa shape index (κ3) is 2.91. The average molecular weight is 291 g/mol. The minimum absolute atomic E-state index is 0.0631. The first kappa shape index (κ1) is 14.7. The number of halogens is 2. The van der Waals surface area contributed by atoms with E-state index < -0.39 is 0 Å². The van der Waals surface area contributed by atoms with Crippen molar-refractivity contribution in [3.8, 4) is 0 Å². The van der Waals surface area contributed by atoms with Crippen molar-refractivity contribution < 1.29 is 9.18 Å². The second-order valence-corrected chi connectivity index (χ2v) is 5.22. The lowest BCUT2D eigenvalue weighted by Gasteiger charge is -2.15. The van der Waals surface area contributed by atoms with Crippen LogP contribution in [0.2, 0.25) is 5.02 Å². The fourth-order valence-electron chi connectivity index (χ4n) is 2.29. The fourth-order valence-corrected chi connectivity index (χ4v) is 2.54. The summed E-state index contributed by atoms with van der Waals surface area (Å²) in [5.74, 6) is -0.704. The summed E-state index contributed by atoms with van der Waals surface area (Å²) in [4.78, 5) is 12.7. The summed E-state index contributed by atoms with van der Waals surface area (Å²) in [7, 11) is 0. The molecule has 1 atom stereocenters. The Morgan fingerprint density at radius 3 is 2.50 bits per heavy atom. The summed E-state index contributed by atoms with van der Waals surface area (Å²) in [5.41, 5.74) is 1.78. The van der Waals surface area contributed by atoms with Gasteiger partial charge < -0.3 is 0 Å². The van der Waals surface area contributed by atoms with E-state index in [2.05, 4.69) is 0 Å². The molecule has 0 spiro atoms. The van der Waals surface area contributed by atoms with Crippen LogP contribution >= 0.6 is 11.6 Å². The Bertz CT molecular complexity index is 622. The molecule has 0 aliphatic rings. The number of aryl methyl sites for hydroxylation is 1. The molecule has 1 unspecified atom stereocenters. The maximum absolute atomic E-state index is 13.4. The van der Waals surface area contributed by atoms with Crippen LogP contribution in [-0.2, 0) is 0 Å². The van der Waals surface area contributed by atoms with Crippen molar-refractivity contribution in [3.63, 3.8) is 0 Å². The standard InChI is InChI=1S/C17H16ClFO/c1-3-13(12-7-5-4-6-8-12)17(20)14-9-11(2)16(19)10-15(14)18/h4-10,13H,3H2,1-2H3. The molecule has 0 aromatic heterocycles. The Hall–Kier alpha value is -1.67. The van der Waals surface area contributed by atoms with Crippen molar-refractivity contribution in [2.24, 2.45) is 0 Å². The molecule has 0 saturated heterocycles. The second kappa shape index (κ2) is 6.19. The van der Waals surface area contributed by atoms with E-state index in [0.29, 0.717) is 17.5 Å². The highest BCUT2D eigenvalue weighted by molar-refractivity contribution is 6.34. The van der Waals surface area contributed by atoms with Gasteiger partial charge in [0.15, 0.2) is 5.78 Å². The predicted molar refractivity (Wildman–Crippen MR) is 80.0 cm³/mol. The van der Waals surface area contributed by atoms with E-state index in [1.54, 1.807) is 6.92 Å². The summed E-state index contributed by atoms with van der Waals surface area (Å²) in [6, 6.07) is 12.3. The van der Waals surface area contributed by atoms with Gasteiger partial charge in [-0.1, -0.05) is 48.9 Å². The van der Waals surface area contributed by atoms with Gasteiger partial charge in [0.2, 0.25) is 0 Å². The minimum Gasteiger partial charge on any atom is -0.293 e. The molecule has 20 heavy (non-hydrogen) atoms. The number of ketones is 1. The number of Topliss-reactive ketones (excluding diaryl/α,β-unsaturated/α-hetero) is 1. The molecule has 0 bridgehead atoms. The molecule has 0 radical (unpaired) electrons. The second-order valence-electron chi connectivity index (χ2n) is 4.82. The number of hydrogen-bond donors (Lipinski definition) is 0. The third-order valence-corrected chi connectivity index (χ3v) is 3.75. The van der Waals surface area contributed by atoms with Crippen molar-refractivity contribution in [2.45, 2.75) is 26.2 Å². The highest BCUT2D eigenvalue weighted by Crippen LogP contribution is 2.29. The van der Waals surface area contributed by atoms with Gasteiger partial charge in [-0.25, -0.2) is 4.39 Å². The molecule has 0 aliphatic heterocycles. The van der Waals surface area contributed by atoms with Gasteiger partial charge in [0, 0.05) is 11.5 Å². The fraction of sp³-hybridized carbons (Fsp3) is 0.235. The van der Waals surface area contributed by atoms with E-state index >= 15 is 0 Å². The molecule has 0 N–H and O–H groups in total. The highest BCUT2D eigenvalue weighted by Gasteiger charge is 2.23. The first-order chi connectivity index (χ1) is 9.54. The monoisotopic (exact) mass is 290 g/mol. The average Bonchev–Trinajstić information content (AvgIpc) is 2.44. The minimum atomic E-state index is -0.390. The van der Waals surface area contributed by atoms with E-state index in [1.807, 2.05) is 37.3 Å². The Balaban J connectivity index is 2.42. The molecule has 3 heteroatoms. The summed E-state index contributed by atoms with van der Waals surface area (Å²) in [6.07, 6.45) is 0.676. The molecule has 2 rings (SSSR count). The van der Waals surface area contributed by atoms with Crippen molar-refractivity contribution in [2.75, 3.05) is 0 Å². The van der Waals surface area contributed by atoms with E-state index in [-0.39, 0.29) is 22.5 Å². The Labute approximate surface area is 123 Å². The van der Waals surface area contributed by atoms with Crippen LogP contribution in [0.25, 0.3) is 0 Å². The molecular formula is C17H16ClFO. The van der Waals surface area contributed by atoms with Crippen molar-refractivity contribution in [1.29, 1.82) is 0 Å². The van der Waals surface area contributed by atoms with Gasteiger partial charge in [0.05, 0.1) is 5.02 Å². The molecule has 0 saturated carbocycles. The van der Waals surface area contributed by atoms with Crippen LogP contribution < -0.4 is 0 Å². The maximum atomic E-state index is 13.4. The van der Waals surface area contributed by atoms with Gasteiger partial charge in [-0.05, 0) is 36.6 Å². The summed E-state index contributed by atoms with van der Waals surface area (Å²) in [6.45, 7) is 3.59. The molecule has 0 amide bonds. The van der Waals surface area contributed by atoms with Gasteiger partial charge in [-0.15, -0.1) is 0 Å². The van der Waals surface area contributed by atoms with Gasteiger partial charge in [0.25, 0.3) is 0 Å². The summed E-state index contributed by atoms with van der Waals surface area (Å²) in [5, 5.41) is 0.174. The third-order valence-electron chi connectivity index (χ3n) is 3.44. The van der Waals surface area contributed by atoms with Crippen LogP contribution in [0.3, 0.4) is 0 Å². The van der Waals surface area contributed by atoms with Crippen LogP contribution in [0.5, 0.6) is 0 Å². The summed E-state index contributed by atoms with van der Waals surface area (Å²) < 4.78 is 13.4. The zero-order chi connectivity index (χ0) is 14.7. The molecular weight excluding hydrogens is 275 g/mol. The molecule has 2 aromatic rings. The van der Waals surface area contributed by atoms with Gasteiger partial charge in [-0.3, -0.25) is 4.79 Å². The Kier molecular flexibility index (Phi) is 4.56. The molecule has 0 aliphatic carbocycles. The zero-order valence-corrected chi connectivity index (χ0v) is 12.2. The van der Waals surface area contributed by atoms with Crippen LogP contribution in [0.1, 0.15) is 40.7 Å². The lowest BCUT2D eigenvalue weighted by atomic mass is 9.88. The number of carbonyl (C=O) groups excluding carboxylic acids is 1. The first-order valence-corrected chi connectivity index (χ1v) is 6.97. The van der Waals surface area contributed by atoms with Crippen molar-refractivity contribution in [3.05, 3.63) is 70.0 Å². The lowest BCUT2D eigenvalue weighted by molar-refractivity contribution is 0.0957. The van der Waals surface area contributed by atoms with Crippen molar-refractivity contribution in [1.82, 2.24) is 0 Å². The quantitative estimate of drug-likeness (QED) is 0.711. The Morgan fingerprint density at radius 2 is 1.90 bits per heavy atom. The highest BCUT2D eigenvalue weighted by atomic mass is 35.5. The molecule has 104 valence electrons.